The molecule has 0 spiro atoms. The van der Waals surface area contributed by atoms with Crippen LogP contribution in [0.5, 0.6) is 0 Å². The van der Waals surface area contributed by atoms with Crippen LogP contribution in [0, 0.1) is 11.8 Å². The Hall–Kier alpha value is -1.39. The van der Waals surface area contributed by atoms with Crippen LogP contribution in [0.1, 0.15) is 24.7 Å². The van der Waals surface area contributed by atoms with Gasteiger partial charge < -0.3 is 14.2 Å². The van der Waals surface area contributed by atoms with E-state index in [-0.39, 0.29) is 30.4 Å². The van der Waals surface area contributed by atoms with Crippen molar-refractivity contribution in [2.45, 2.75) is 31.3 Å². The second-order valence-corrected chi connectivity index (χ2v) is 5.55. The fourth-order valence-corrected chi connectivity index (χ4v) is 3.53. The summed E-state index contributed by atoms with van der Waals surface area (Å²) in [5.41, 5.74) is 1.05. The van der Waals surface area contributed by atoms with E-state index in [1.54, 1.807) is 0 Å². The van der Waals surface area contributed by atoms with E-state index < -0.39 is 0 Å². The van der Waals surface area contributed by atoms with Gasteiger partial charge in [0.05, 0.1) is 19.1 Å². The predicted molar refractivity (Wildman–Crippen MR) is 66.1 cm³/mol. The smallest absolute Gasteiger partial charge is 0.306 e. The third-order valence-electron chi connectivity index (χ3n) is 4.47. The summed E-state index contributed by atoms with van der Waals surface area (Å²) >= 11 is 0. The van der Waals surface area contributed by atoms with Crippen molar-refractivity contribution in [3.63, 3.8) is 0 Å². The van der Waals surface area contributed by atoms with E-state index in [0.717, 1.165) is 12.0 Å². The van der Waals surface area contributed by atoms with E-state index in [1.165, 1.54) is 0 Å². The second kappa shape index (κ2) is 4.32. The van der Waals surface area contributed by atoms with Gasteiger partial charge in [0.15, 0.2) is 6.29 Å². The first-order valence-corrected chi connectivity index (χ1v) is 6.83. The van der Waals surface area contributed by atoms with Gasteiger partial charge in [0, 0.05) is 23.8 Å². The fourth-order valence-electron chi connectivity index (χ4n) is 3.53. The monoisotopic (exact) mass is 260 g/mol. The van der Waals surface area contributed by atoms with Gasteiger partial charge in [-0.1, -0.05) is 30.3 Å². The maximum atomic E-state index is 11.3. The Kier molecular flexibility index (Phi) is 2.60. The summed E-state index contributed by atoms with van der Waals surface area (Å²) in [7, 11) is 0. The van der Waals surface area contributed by atoms with Crippen LogP contribution >= 0.6 is 0 Å². The molecule has 2 aliphatic heterocycles. The summed E-state index contributed by atoms with van der Waals surface area (Å²) in [5.74, 6) is 0.518. The van der Waals surface area contributed by atoms with Gasteiger partial charge in [-0.2, -0.15) is 0 Å². The summed E-state index contributed by atoms with van der Waals surface area (Å²) in [6.07, 6.45) is 1.25. The number of esters is 1. The maximum Gasteiger partial charge on any atom is 0.306 e. The fraction of sp³-hybridized carbons (Fsp3) is 0.533. The minimum absolute atomic E-state index is 0.0422. The third-order valence-corrected chi connectivity index (χ3v) is 4.47. The van der Waals surface area contributed by atoms with Crippen molar-refractivity contribution >= 4 is 5.97 Å². The molecule has 2 heterocycles. The Labute approximate surface area is 111 Å². The molecule has 1 aliphatic carbocycles. The van der Waals surface area contributed by atoms with Gasteiger partial charge in [-0.25, -0.2) is 0 Å². The molecule has 1 aromatic rings. The van der Waals surface area contributed by atoms with Crippen molar-refractivity contribution in [2.75, 3.05) is 6.61 Å². The van der Waals surface area contributed by atoms with Gasteiger partial charge in [0.1, 0.15) is 6.10 Å². The topological polar surface area (TPSA) is 44.8 Å². The Bertz CT molecular complexity index is 486. The van der Waals surface area contributed by atoms with E-state index in [1.807, 2.05) is 30.3 Å². The van der Waals surface area contributed by atoms with Crippen LogP contribution in [0.25, 0.3) is 0 Å². The van der Waals surface area contributed by atoms with Crippen LogP contribution in [-0.4, -0.2) is 24.8 Å². The molecule has 3 fully saturated rings. The molecule has 4 heteroatoms. The number of ether oxygens (including phenoxy) is 3. The summed E-state index contributed by atoms with van der Waals surface area (Å²) in [4.78, 5) is 11.3. The zero-order valence-corrected chi connectivity index (χ0v) is 10.5. The third kappa shape index (κ3) is 1.86. The highest BCUT2D eigenvalue weighted by Gasteiger charge is 2.53. The lowest BCUT2D eigenvalue weighted by molar-refractivity contribution is -0.238. The number of benzene rings is 1. The van der Waals surface area contributed by atoms with Crippen LogP contribution in [0.3, 0.4) is 0 Å². The Morgan fingerprint density at radius 3 is 2.74 bits per heavy atom. The molecule has 4 nitrogen and oxygen atoms in total. The van der Waals surface area contributed by atoms with Crippen molar-refractivity contribution in [2.24, 2.45) is 11.8 Å². The molecule has 100 valence electrons. The number of carbonyl (C=O) groups excluding carboxylic acids is 1. The second-order valence-electron chi connectivity index (χ2n) is 5.55. The Balaban J connectivity index is 1.50. The predicted octanol–water partition coefficient (Wildman–Crippen LogP) is 2.05. The van der Waals surface area contributed by atoms with Gasteiger partial charge in [0.2, 0.25) is 0 Å². The summed E-state index contributed by atoms with van der Waals surface area (Å²) in [5, 5.41) is 0. The van der Waals surface area contributed by atoms with Gasteiger partial charge in [0.25, 0.3) is 0 Å². The Morgan fingerprint density at radius 2 is 1.89 bits per heavy atom. The van der Waals surface area contributed by atoms with Crippen LogP contribution < -0.4 is 0 Å². The first-order valence-electron chi connectivity index (χ1n) is 6.83. The van der Waals surface area contributed by atoms with Crippen molar-refractivity contribution in [3.8, 4) is 0 Å². The normalized spacial score (nSPS) is 40.6. The highest BCUT2D eigenvalue weighted by Crippen LogP contribution is 2.46. The minimum atomic E-state index is -0.281. The lowest BCUT2D eigenvalue weighted by atomic mass is 9.92. The number of carbonyl (C=O) groups is 1. The molecule has 5 atom stereocenters. The largest absolute Gasteiger partial charge is 0.462 e. The average Bonchev–Trinajstić information content (AvgIpc) is 2.95. The van der Waals surface area contributed by atoms with Crippen LogP contribution in [-0.2, 0) is 19.0 Å². The summed E-state index contributed by atoms with van der Waals surface area (Å²) in [6.45, 7) is 0.655. The summed E-state index contributed by atoms with van der Waals surface area (Å²) in [6, 6.07) is 9.98. The van der Waals surface area contributed by atoms with Crippen LogP contribution in [0.4, 0.5) is 0 Å². The van der Waals surface area contributed by atoms with E-state index >= 15 is 0 Å². The first kappa shape index (κ1) is 11.4. The number of hydrogen-bond acceptors (Lipinski definition) is 4. The molecule has 4 rings (SSSR count). The van der Waals surface area contributed by atoms with E-state index in [4.69, 9.17) is 14.2 Å². The van der Waals surface area contributed by atoms with Crippen molar-refractivity contribution in [1.29, 1.82) is 0 Å². The molecule has 0 radical (unpaired) electrons. The molecule has 2 unspecified atom stereocenters. The molecular weight excluding hydrogens is 244 g/mol. The molecule has 0 bridgehead atoms. The van der Waals surface area contributed by atoms with Gasteiger partial charge >= 0.3 is 5.97 Å². The summed E-state index contributed by atoms with van der Waals surface area (Å²) < 4.78 is 17.2. The van der Waals surface area contributed by atoms with Crippen molar-refractivity contribution in [1.82, 2.24) is 0 Å². The molecular formula is C15H16O4. The molecule has 1 aromatic carbocycles. The molecule has 0 aromatic heterocycles. The van der Waals surface area contributed by atoms with Gasteiger partial charge in [-0.3, -0.25) is 4.79 Å². The zero-order chi connectivity index (χ0) is 12.8. The highest BCUT2D eigenvalue weighted by molar-refractivity contribution is 5.72. The zero-order valence-electron chi connectivity index (χ0n) is 10.5. The number of hydrogen-bond donors (Lipinski definition) is 0. The van der Waals surface area contributed by atoms with Gasteiger partial charge in [-0.05, 0) is 0 Å². The standard InChI is InChI=1S/C15H16O4/c16-14-6-10-11-8-17-15(9-4-2-1-3-5-9)19-13(11)7-12(10)18-14/h1-5,10-13,15H,6-8H2/t10?,11-,12+,13-,15?/m0/s1. The molecule has 2 saturated heterocycles. The molecule has 19 heavy (non-hydrogen) atoms. The van der Waals surface area contributed by atoms with E-state index in [9.17, 15) is 4.79 Å². The van der Waals surface area contributed by atoms with Gasteiger partial charge in [-0.15, -0.1) is 0 Å². The minimum Gasteiger partial charge on any atom is -0.462 e. The van der Waals surface area contributed by atoms with Crippen LogP contribution in [0.2, 0.25) is 0 Å². The first-order chi connectivity index (χ1) is 9.31. The number of rotatable bonds is 1. The maximum absolute atomic E-state index is 11.3. The average molecular weight is 260 g/mol. The lowest BCUT2D eigenvalue weighted by Crippen LogP contribution is -2.35. The molecule has 1 saturated carbocycles. The number of fused-ring (bicyclic) bond motifs is 3. The Morgan fingerprint density at radius 1 is 1.05 bits per heavy atom. The van der Waals surface area contributed by atoms with E-state index in [2.05, 4.69) is 0 Å². The van der Waals surface area contributed by atoms with Crippen LogP contribution in [0.15, 0.2) is 30.3 Å². The SMILES string of the molecule is O=C1CC2[C@@H](C[C@@H]3OC(c4ccccc4)OC[C@@H]23)O1. The van der Waals surface area contributed by atoms with Crippen molar-refractivity contribution in [3.05, 3.63) is 35.9 Å². The molecule has 0 N–H and O–H groups in total. The highest BCUT2D eigenvalue weighted by atomic mass is 16.7. The molecule has 3 aliphatic rings. The van der Waals surface area contributed by atoms with Crippen molar-refractivity contribution < 1.29 is 19.0 Å². The lowest BCUT2D eigenvalue weighted by Gasteiger charge is -2.34. The molecule has 0 amide bonds. The van der Waals surface area contributed by atoms with E-state index in [0.29, 0.717) is 18.9 Å². The quantitative estimate of drug-likeness (QED) is 0.725.